The molecule has 6 nitrogen and oxygen atoms in total. The lowest BCUT2D eigenvalue weighted by atomic mass is 10.3. The molecule has 20 heavy (non-hydrogen) atoms. The minimum absolute atomic E-state index is 0.287. The predicted octanol–water partition coefficient (Wildman–Crippen LogP) is 0.894. The molecule has 1 aliphatic rings. The van der Waals surface area contributed by atoms with Crippen LogP contribution in [0.15, 0.2) is 24.0 Å². The van der Waals surface area contributed by atoms with Crippen molar-refractivity contribution < 1.29 is 0 Å². The van der Waals surface area contributed by atoms with Crippen LogP contribution >= 0.6 is 23.6 Å². The predicted molar refractivity (Wildman–Crippen MR) is 84.5 cm³/mol. The summed E-state index contributed by atoms with van der Waals surface area (Å²) in [6.07, 6.45) is 5.12. The molecule has 0 unspecified atom stereocenters. The molecule has 2 N–H and O–H groups in total. The van der Waals surface area contributed by atoms with Crippen LogP contribution in [0.5, 0.6) is 0 Å². The number of aromatic nitrogens is 3. The second-order valence-corrected chi connectivity index (χ2v) is 5.69. The van der Waals surface area contributed by atoms with Gasteiger partial charge in [-0.05, 0) is 0 Å². The summed E-state index contributed by atoms with van der Waals surface area (Å²) < 4.78 is 0. The smallest absolute Gasteiger partial charge is 0.185 e. The molecule has 1 fully saturated rings. The van der Waals surface area contributed by atoms with Crippen LogP contribution in [0.25, 0.3) is 0 Å². The lowest BCUT2D eigenvalue weighted by molar-refractivity contribution is 0.644. The standard InChI is InChI=1S/C12H14N6S2/c13-10(19)9-11(15-2-1-14-9)17-4-6-18(7-5-17)12-16-3-8-20-12/h1-3,8H,4-7H2,(H2,13,19). The Balaban J connectivity index is 1.74. The van der Waals surface area contributed by atoms with Crippen LogP contribution in [0.3, 0.4) is 0 Å². The number of rotatable bonds is 3. The molecule has 104 valence electrons. The van der Waals surface area contributed by atoms with Crippen LogP contribution in [-0.2, 0) is 0 Å². The molecule has 8 heteroatoms. The van der Waals surface area contributed by atoms with E-state index in [4.69, 9.17) is 18.0 Å². The maximum absolute atomic E-state index is 5.71. The quantitative estimate of drug-likeness (QED) is 0.845. The average Bonchev–Trinajstić information content (AvgIpc) is 3.02. The Morgan fingerprint density at radius 3 is 2.40 bits per heavy atom. The highest BCUT2D eigenvalue weighted by molar-refractivity contribution is 7.80. The summed E-state index contributed by atoms with van der Waals surface area (Å²) in [5, 5.41) is 3.06. The van der Waals surface area contributed by atoms with Crippen molar-refractivity contribution in [2.45, 2.75) is 0 Å². The van der Waals surface area contributed by atoms with Crippen LogP contribution < -0.4 is 15.5 Å². The van der Waals surface area contributed by atoms with Crippen molar-refractivity contribution in [2.75, 3.05) is 36.0 Å². The van der Waals surface area contributed by atoms with E-state index in [-0.39, 0.29) is 4.99 Å². The molecule has 1 saturated heterocycles. The van der Waals surface area contributed by atoms with E-state index < -0.39 is 0 Å². The van der Waals surface area contributed by atoms with Gasteiger partial charge < -0.3 is 15.5 Å². The van der Waals surface area contributed by atoms with E-state index in [0.29, 0.717) is 5.69 Å². The Kier molecular flexibility index (Phi) is 3.75. The fourth-order valence-electron chi connectivity index (χ4n) is 2.22. The van der Waals surface area contributed by atoms with Crippen LogP contribution in [0.1, 0.15) is 5.69 Å². The zero-order valence-corrected chi connectivity index (χ0v) is 12.4. The monoisotopic (exact) mass is 306 g/mol. The highest BCUT2D eigenvalue weighted by Gasteiger charge is 2.22. The molecule has 0 aromatic carbocycles. The Labute approximate surface area is 126 Å². The van der Waals surface area contributed by atoms with E-state index >= 15 is 0 Å². The third kappa shape index (κ3) is 2.56. The number of nitrogens with two attached hydrogens (primary N) is 1. The SMILES string of the molecule is NC(=S)c1nccnc1N1CCN(c2nccs2)CC1. The lowest BCUT2D eigenvalue weighted by Crippen LogP contribution is -2.47. The third-order valence-corrected chi connectivity index (χ3v) is 4.21. The fraction of sp³-hybridized carbons (Fsp3) is 0.333. The first kappa shape index (κ1) is 13.2. The Hall–Kier alpha value is -1.80. The highest BCUT2D eigenvalue weighted by Crippen LogP contribution is 2.22. The molecule has 3 rings (SSSR count). The van der Waals surface area contributed by atoms with Gasteiger partial charge >= 0.3 is 0 Å². The molecule has 3 heterocycles. The molecule has 0 spiro atoms. The number of thiocarbonyl (C=S) groups is 1. The van der Waals surface area contributed by atoms with Gasteiger partial charge in [-0.2, -0.15) is 0 Å². The van der Waals surface area contributed by atoms with E-state index in [1.165, 1.54) is 0 Å². The van der Waals surface area contributed by atoms with Gasteiger partial charge in [-0.25, -0.2) is 15.0 Å². The van der Waals surface area contributed by atoms with Crippen molar-refractivity contribution in [3.8, 4) is 0 Å². The van der Waals surface area contributed by atoms with Gasteiger partial charge in [-0.15, -0.1) is 11.3 Å². The van der Waals surface area contributed by atoms with Gasteiger partial charge in [-0.3, -0.25) is 0 Å². The van der Waals surface area contributed by atoms with Crippen LogP contribution in [0.2, 0.25) is 0 Å². The molecule has 2 aromatic heterocycles. The van der Waals surface area contributed by atoms with Crippen molar-refractivity contribution in [1.29, 1.82) is 0 Å². The second kappa shape index (κ2) is 5.68. The number of anilines is 2. The van der Waals surface area contributed by atoms with Crippen LogP contribution in [0.4, 0.5) is 10.9 Å². The molecule has 0 radical (unpaired) electrons. The van der Waals surface area contributed by atoms with Gasteiger partial charge in [0.1, 0.15) is 10.7 Å². The Bertz CT molecular complexity index is 592. The molecular weight excluding hydrogens is 292 g/mol. The molecule has 0 atom stereocenters. The lowest BCUT2D eigenvalue weighted by Gasteiger charge is -2.35. The van der Waals surface area contributed by atoms with Gasteiger partial charge in [0.05, 0.1) is 0 Å². The van der Waals surface area contributed by atoms with Crippen LogP contribution in [0, 0.1) is 0 Å². The van der Waals surface area contributed by atoms with E-state index in [1.54, 1.807) is 23.7 Å². The summed E-state index contributed by atoms with van der Waals surface area (Å²) >= 11 is 6.70. The molecule has 0 amide bonds. The van der Waals surface area contributed by atoms with E-state index in [1.807, 2.05) is 11.6 Å². The normalized spacial score (nSPS) is 15.4. The minimum atomic E-state index is 0.287. The molecule has 0 saturated carbocycles. The summed E-state index contributed by atoms with van der Waals surface area (Å²) in [5.41, 5.74) is 6.31. The molecule has 0 bridgehead atoms. The maximum Gasteiger partial charge on any atom is 0.185 e. The third-order valence-electron chi connectivity index (χ3n) is 3.18. The van der Waals surface area contributed by atoms with Crippen LogP contribution in [-0.4, -0.2) is 46.1 Å². The summed E-state index contributed by atoms with van der Waals surface area (Å²) in [6, 6.07) is 0. The maximum atomic E-state index is 5.71. The fourth-order valence-corrected chi connectivity index (χ4v) is 3.06. The van der Waals surface area contributed by atoms with Gasteiger partial charge in [-0.1, -0.05) is 12.2 Å². The number of hydrogen-bond donors (Lipinski definition) is 1. The first-order valence-electron chi connectivity index (χ1n) is 6.26. The van der Waals surface area contributed by atoms with Crippen molar-refractivity contribution in [3.05, 3.63) is 29.7 Å². The molecule has 0 aliphatic carbocycles. The summed E-state index contributed by atoms with van der Waals surface area (Å²) in [4.78, 5) is 17.7. The zero-order chi connectivity index (χ0) is 13.9. The summed E-state index contributed by atoms with van der Waals surface area (Å²) in [6.45, 7) is 3.52. The number of nitrogens with zero attached hydrogens (tertiary/aromatic N) is 5. The first-order valence-corrected chi connectivity index (χ1v) is 7.54. The van der Waals surface area contributed by atoms with E-state index in [0.717, 1.165) is 37.1 Å². The number of piperazine rings is 1. The number of hydrogen-bond acceptors (Lipinski definition) is 7. The highest BCUT2D eigenvalue weighted by atomic mass is 32.1. The van der Waals surface area contributed by atoms with E-state index in [2.05, 4.69) is 24.8 Å². The van der Waals surface area contributed by atoms with Crippen molar-refractivity contribution in [1.82, 2.24) is 15.0 Å². The second-order valence-electron chi connectivity index (χ2n) is 4.38. The van der Waals surface area contributed by atoms with Crippen molar-refractivity contribution in [2.24, 2.45) is 5.73 Å². The Morgan fingerprint density at radius 2 is 1.75 bits per heavy atom. The number of thiazole rings is 1. The van der Waals surface area contributed by atoms with Gasteiger partial charge in [0, 0.05) is 50.1 Å². The molecule has 1 aliphatic heterocycles. The van der Waals surface area contributed by atoms with Gasteiger partial charge in [0.25, 0.3) is 0 Å². The van der Waals surface area contributed by atoms with Crippen molar-refractivity contribution in [3.63, 3.8) is 0 Å². The van der Waals surface area contributed by atoms with E-state index in [9.17, 15) is 0 Å². The minimum Gasteiger partial charge on any atom is -0.388 e. The molecular formula is C12H14N6S2. The summed E-state index contributed by atoms with van der Waals surface area (Å²) in [5.74, 6) is 0.777. The van der Waals surface area contributed by atoms with Gasteiger partial charge in [0.15, 0.2) is 10.9 Å². The largest absolute Gasteiger partial charge is 0.388 e. The summed E-state index contributed by atoms with van der Waals surface area (Å²) in [7, 11) is 0. The average molecular weight is 306 g/mol. The molecule has 2 aromatic rings. The Morgan fingerprint density at radius 1 is 1.05 bits per heavy atom. The van der Waals surface area contributed by atoms with Crippen molar-refractivity contribution >= 4 is 39.5 Å². The topological polar surface area (TPSA) is 71.2 Å². The zero-order valence-electron chi connectivity index (χ0n) is 10.8. The van der Waals surface area contributed by atoms with Gasteiger partial charge in [0.2, 0.25) is 0 Å². The first-order chi connectivity index (χ1) is 9.75.